The molecule has 1 aromatic rings. The maximum absolute atomic E-state index is 10.8. The van der Waals surface area contributed by atoms with Crippen molar-refractivity contribution in [2.24, 2.45) is 5.92 Å². The highest BCUT2D eigenvalue weighted by atomic mass is 35.5. The van der Waals surface area contributed by atoms with E-state index in [4.69, 9.17) is 11.6 Å². The second kappa shape index (κ2) is 6.21. The maximum Gasteiger partial charge on any atom is 0.289 e. The van der Waals surface area contributed by atoms with E-state index < -0.39 is 4.92 Å². The molecule has 1 N–H and O–H groups in total. The van der Waals surface area contributed by atoms with Gasteiger partial charge in [-0.2, -0.15) is 0 Å². The van der Waals surface area contributed by atoms with E-state index in [9.17, 15) is 10.1 Å². The summed E-state index contributed by atoms with van der Waals surface area (Å²) in [6, 6.07) is 4.84. The molecule has 19 heavy (non-hydrogen) atoms. The van der Waals surface area contributed by atoms with E-state index in [-0.39, 0.29) is 10.7 Å². The van der Waals surface area contributed by atoms with Crippen LogP contribution < -0.4 is 5.32 Å². The highest BCUT2D eigenvalue weighted by molar-refractivity contribution is 6.32. The van der Waals surface area contributed by atoms with E-state index in [0.29, 0.717) is 5.92 Å². The highest BCUT2D eigenvalue weighted by Gasteiger charge is 2.17. The van der Waals surface area contributed by atoms with Crippen LogP contribution in [0.5, 0.6) is 0 Å². The minimum atomic E-state index is -0.456. The minimum Gasteiger partial charge on any atom is -0.385 e. The lowest BCUT2D eigenvalue weighted by Crippen LogP contribution is -2.35. The van der Waals surface area contributed by atoms with Crippen molar-refractivity contribution in [1.82, 2.24) is 4.90 Å². The Balaban J connectivity index is 1.96. The number of nitrogens with one attached hydrogen (secondary N) is 1. The summed E-state index contributed by atoms with van der Waals surface area (Å²) in [5.41, 5.74) is 0.705. The van der Waals surface area contributed by atoms with Gasteiger partial charge in [0.1, 0.15) is 5.02 Å². The Kier molecular flexibility index (Phi) is 4.61. The summed E-state index contributed by atoms with van der Waals surface area (Å²) in [6.07, 6.45) is 2.41. The Morgan fingerprint density at radius 1 is 1.58 bits per heavy atom. The molecule has 0 radical (unpaired) electrons. The van der Waals surface area contributed by atoms with Gasteiger partial charge in [0.25, 0.3) is 5.69 Å². The molecule has 1 unspecified atom stereocenters. The molecule has 1 fully saturated rings. The normalized spacial score (nSPS) is 20.2. The van der Waals surface area contributed by atoms with E-state index in [0.717, 1.165) is 25.3 Å². The third kappa shape index (κ3) is 3.81. The largest absolute Gasteiger partial charge is 0.385 e. The molecule has 1 atom stereocenters. The molecule has 104 valence electrons. The zero-order chi connectivity index (χ0) is 13.8. The Morgan fingerprint density at radius 2 is 2.37 bits per heavy atom. The van der Waals surface area contributed by atoms with Crippen molar-refractivity contribution in [3.05, 3.63) is 33.3 Å². The predicted molar refractivity (Wildman–Crippen MR) is 76.8 cm³/mol. The van der Waals surface area contributed by atoms with Crippen molar-refractivity contribution >= 4 is 23.0 Å². The van der Waals surface area contributed by atoms with E-state index in [1.165, 1.54) is 18.9 Å². The second-order valence-corrected chi connectivity index (χ2v) is 5.48. The predicted octanol–water partition coefficient (Wildman–Crippen LogP) is 3.00. The van der Waals surface area contributed by atoms with Gasteiger partial charge in [-0.15, -0.1) is 0 Å². The molecule has 0 amide bonds. The fraction of sp³-hybridized carbons (Fsp3) is 0.538. The van der Waals surface area contributed by atoms with Crippen LogP contribution >= 0.6 is 11.6 Å². The number of nitrogens with zero attached hydrogens (tertiary/aromatic N) is 2. The van der Waals surface area contributed by atoms with Crippen molar-refractivity contribution in [3.8, 4) is 0 Å². The second-order valence-electron chi connectivity index (χ2n) is 5.07. The first-order valence-corrected chi connectivity index (χ1v) is 6.80. The number of hydrogen-bond acceptors (Lipinski definition) is 4. The van der Waals surface area contributed by atoms with Gasteiger partial charge < -0.3 is 10.2 Å². The molecule has 0 spiro atoms. The molecule has 0 saturated carbocycles. The van der Waals surface area contributed by atoms with Gasteiger partial charge in [0.2, 0.25) is 0 Å². The Bertz CT molecular complexity index is 467. The molecule has 1 saturated heterocycles. The number of likely N-dealkylation sites (tertiary alicyclic amines) is 1. The molecule has 1 aliphatic rings. The van der Waals surface area contributed by atoms with Crippen LogP contribution in [0.4, 0.5) is 11.4 Å². The average Bonchev–Trinajstić information content (AvgIpc) is 2.37. The van der Waals surface area contributed by atoms with Gasteiger partial charge in [0.05, 0.1) is 4.92 Å². The Hall–Kier alpha value is -1.33. The lowest BCUT2D eigenvalue weighted by Gasteiger charge is -2.29. The molecule has 0 aliphatic carbocycles. The van der Waals surface area contributed by atoms with Gasteiger partial charge in [-0.05, 0) is 44.5 Å². The third-order valence-electron chi connectivity index (χ3n) is 3.46. The van der Waals surface area contributed by atoms with E-state index in [1.54, 1.807) is 12.1 Å². The number of halogens is 1. The van der Waals surface area contributed by atoms with Crippen LogP contribution in [-0.4, -0.2) is 36.5 Å². The van der Waals surface area contributed by atoms with Gasteiger partial charge in [0, 0.05) is 24.8 Å². The van der Waals surface area contributed by atoms with Crippen LogP contribution in [-0.2, 0) is 0 Å². The number of hydrogen-bond donors (Lipinski definition) is 1. The summed E-state index contributed by atoms with van der Waals surface area (Å²) in [6.45, 7) is 3.06. The summed E-state index contributed by atoms with van der Waals surface area (Å²) in [4.78, 5) is 12.7. The van der Waals surface area contributed by atoms with Crippen LogP contribution in [0.25, 0.3) is 0 Å². The molecule has 5 nitrogen and oxygen atoms in total. The lowest BCUT2D eigenvalue weighted by molar-refractivity contribution is -0.384. The van der Waals surface area contributed by atoms with Gasteiger partial charge in [0.15, 0.2) is 0 Å². The number of piperidine rings is 1. The molecular weight excluding hydrogens is 266 g/mol. The highest BCUT2D eigenvalue weighted by Crippen LogP contribution is 2.27. The van der Waals surface area contributed by atoms with E-state index in [2.05, 4.69) is 17.3 Å². The first-order valence-electron chi connectivity index (χ1n) is 6.42. The van der Waals surface area contributed by atoms with Crippen LogP contribution in [0.2, 0.25) is 5.02 Å². The average molecular weight is 284 g/mol. The Morgan fingerprint density at radius 3 is 3.05 bits per heavy atom. The lowest BCUT2D eigenvalue weighted by atomic mass is 9.98. The maximum atomic E-state index is 10.8. The fourth-order valence-corrected chi connectivity index (χ4v) is 2.65. The molecule has 1 heterocycles. The summed E-state index contributed by atoms with van der Waals surface area (Å²) in [5.74, 6) is 0.591. The molecule has 0 bridgehead atoms. The third-order valence-corrected chi connectivity index (χ3v) is 3.78. The summed E-state index contributed by atoms with van der Waals surface area (Å²) < 4.78 is 0. The first-order chi connectivity index (χ1) is 9.06. The van der Waals surface area contributed by atoms with Crippen LogP contribution in [0.1, 0.15) is 12.8 Å². The number of rotatable bonds is 4. The summed E-state index contributed by atoms with van der Waals surface area (Å²) >= 11 is 5.78. The fourth-order valence-electron chi connectivity index (χ4n) is 2.46. The van der Waals surface area contributed by atoms with Crippen molar-refractivity contribution in [2.75, 3.05) is 32.0 Å². The first kappa shape index (κ1) is 14.1. The van der Waals surface area contributed by atoms with Crippen molar-refractivity contribution < 1.29 is 4.92 Å². The zero-order valence-corrected chi connectivity index (χ0v) is 11.7. The molecule has 0 aromatic heterocycles. The molecule has 1 aliphatic heterocycles. The van der Waals surface area contributed by atoms with Gasteiger partial charge >= 0.3 is 0 Å². The molecular formula is C13H18ClN3O2. The Labute approximate surface area is 117 Å². The van der Waals surface area contributed by atoms with Gasteiger partial charge in [-0.25, -0.2) is 0 Å². The number of nitro benzene ring substituents is 1. The number of anilines is 1. The van der Waals surface area contributed by atoms with Crippen LogP contribution in [0.3, 0.4) is 0 Å². The topological polar surface area (TPSA) is 58.4 Å². The van der Waals surface area contributed by atoms with Crippen molar-refractivity contribution in [3.63, 3.8) is 0 Å². The number of nitro groups is 1. The van der Waals surface area contributed by atoms with Crippen molar-refractivity contribution in [2.45, 2.75) is 12.8 Å². The molecule has 6 heteroatoms. The van der Waals surface area contributed by atoms with E-state index >= 15 is 0 Å². The summed E-state index contributed by atoms with van der Waals surface area (Å²) in [5, 5.41) is 14.3. The van der Waals surface area contributed by atoms with Crippen molar-refractivity contribution in [1.29, 1.82) is 0 Å². The quantitative estimate of drug-likeness (QED) is 0.682. The summed E-state index contributed by atoms with van der Waals surface area (Å²) in [7, 11) is 2.12. The monoisotopic (exact) mass is 283 g/mol. The van der Waals surface area contributed by atoms with Crippen LogP contribution in [0, 0.1) is 16.0 Å². The SMILES string of the molecule is CN1CCCC(CNc2ccc(Cl)c([N+](=O)[O-])c2)C1. The van der Waals surface area contributed by atoms with E-state index in [1.807, 2.05) is 0 Å². The minimum absolute atomic E-state index is 0.0487. The van der Waals surface area contributed by atoms with Crippen LogP contribution in [0.15, 0.2) is 18.2 Å². The zero-order valence-electron chi connectivity index (χ0n) is 10.9. The standard InChI is InChI=1S/C13H18ClN3O2/c1-16-6-2-3-10(9-16)8-15-11-4-5-12(14)13(7-11)17(18)19/h4-5,7,10,15H,2-3,6,8-9H2,1H3. The van der Waals surface area contributed by atoms with Gasteiger partial charge in [-0.3, -0.25) is 10.1 Å². The molecule has 1 aromatic carbocycles. The van der Waals surface area contributed by atoms with Gasteiger partial charge in [-0.1, -0.05) is 11.6 Å². The number of benzene rings is 1. The smallest absolute Gasteiger partial charge is 0.289 e. The molecule has 2 rings (SSSR count).